The SMILES string of the molecule is CCC[C@@H]1NC(=O)C(NC(=O)[C@@H](NC(=O)OC(C)(C)C)C(C)(C)C)c2ccc(Oc3cc(-c4ccccc4)nc4cc(OC)ccc34)c(c2)/C=C/CCC2(CC2)CS(=O)(=O)NC1=O. The average molecular weight is 882 g/mol. The number of ether oxygens (including phenoxy) is 3. The van der Waals surface area contributed by atoms with Gasteiger partial charge in [0.1, 0.15) is 41.0 Å². The zero-order valence-corrected chi connectivity index (χ0v) is 38.1. The van der Waals surface area contributed by atoms with Gasteiger partial charge >= 0.3 is 6.09 Å². The first-order valence-electron chi connectivity index (χ1n) is 21.4. The Balaban J connectivity index is 1.47. The predicted octanol–water partition coefficient (Wildman–Crippen LogP) is 8.12. The summed E-state index contributed by atoms with van der Waals surface area (Å²) in [5.74, 6) is -0.993. The fourth-order valence-corrected chi connectivity index (χ4v) is 9.34. The molecule has 4 N–H and O–H groups in total. The Morgan fingerprint density at radius 3 is 2.30 bits per heavy atom. The first kappa shape index (κ1) is 46.5. The molecule has 1 aromatic heterocycles. The lowest BCUT2D eigenvalue weighted by Gasteiger charge is -2.33. The molecule has 336 valence electrons. The third-order valence-electron chi connectivity index (χ3n) is 11.0. The first-order valence-corrected chi connectivity index (χ1v) is 23.0. The van der Waals surface area contributed by atoms with Crippen molar-refractivity contribution in [1.82, 2.24) is 25.7 Å². The molecule has 2 bridgehead atoms. The molecule has 1 aliphatic heterocycles. The van der Waals surface area contributed by atoms with Gasteiger partial charge in [-0.1, -0.05) is 82.7 Å². The second-order valence-corrected chi connectivity index (χ2v) is 20.3. The van der Waals surface area contributed by atoms with Crippen molar-refractivity contribution in [3.63, 3.8) is 0 Å². The Kier molecular flexibility index (Phi) is 13.9. The Morgan fingerprint density at radius 2 is 1.65 bits per heavy atom. The van der Waals surface area contributed by atoms with Crippen molar-refractivity contribution in [3.8, 4) is 28.5 Å². The quantitative estimate of drug-likeness (QED) is 0.128. The van der Waals surface area contributed by atoms with Crippen LogP contribution in [0.1, 0.15) is 104 Å². The van der Waals surface area contributed by atoms with Crippen LogP contribution >= 0.6 is 0 Å². The Labute approximate surface area is 370 Å². The number of alkyl carbamates (subject to hydrolysis) is 1. The fraction of sp³-hybridized carbons (Fsp3) is 0.438. The molecular formula is C48H59N5O9S. The highest BCUT2D eigenvalue weighted by atomic mass is 32.2. The molecule has 3 aromatic carbocycles. The van der Waals surface area contributed by atoms with Crippen molar-refractivity contribution in [2.24, 2.45) is 10.8 Å². The minimum Gasteiger partial charge on any atom is -0.497 e. The molecule has 0 saturated heterocycles. The van der Waals surface area contributed by atoms with Gasteiger partial charge < -0.3 is 30.2 Å². The molecule has 2 aliphatic rings. The molecule has 4 amide bonds. The topological polar surface area (TPSA) is 191 Å². The molecule has 1 aliphatic carbocycles. The van der Waals surface area contributed by atoms with Crippen LogP contribution in [0.4, 0.5) is 4.79 Å². The van der Waals surface area contributed by atoms with Crippen molar-refractivity contribution in [3.05, 3.63) is 90.0 Å². The van der Waals surface area contributed by atoms with Gasteiger partial charge in [0.2, 0.25) is 21.8 Å². The fourth-order valence-electron chi connectivity index (χ4n) is 7.58. The number of fused-ring (bicyclic) bond motifs is 3. The van der Waals surface area contributed by atoms with E-state index in [-0.39, 0.29) is 12.2 Å². The van der Waals surface area contributed by atoms with E-state index in [0.717, 1.165) is 10.9 Å². The third-order valence-corrected chi connectivity index (χ3v) is 12.5. The molecule has 14 nitrogen and oxygen atoms in total. The number of hydrogen-bond acceptors (Lipinski definition) is 10. The molecule has 0 radical (unpaired) electrons. The van der Waals surface area contributed by atoms with E-state index in [2.05, 4.69) is 20.7 Å². The van der Waals surface area contributed by atoms with Crippen LogP contribution in [0.2, 0.25) is 0 Å². The Hall–Kier alpha value is -5.96. The van der Waals surface area contributed by atoms with Gasteiger partial charge in [-0.3, -0.25) is 19.1 Å². The summed E-state index contributed by atoms with van der Waals surface area (Å²) in [4.78, 5) is 60.5. The number of carbonyl (C=O) groups is 4. The molecule has 1 unspecified atom stereocenters. The molecule has 63 heavy (non-hydrogen) atoms. The van der Waals surface area contributed by atoms with E-state index in [4.69, 9.17) is 19.2 Å². The number of nitrogens with zero attached hydrogens (tertiary/aromatic N) is 1. The number of pyridine rings is 1. The van der Waals surface area contributed by atoms with Crippen LogP contribution in [0.5, 0.6) is 17.2 Å². The number of aromatic nitrogens is 1. The second kappa shape index (κ2) is 18.8. The number of sulfonamides is 1. The van der Waals surface area contributed by atoms with Gasteiger partial charge in [0, 0.05) is 28.6 Å². The zero-order valence-electron chi connectivity index (χ0n) is 37.3. The number of methoxy groups -OCH3 is 1. The molecule has 15 heteroatoms. The normalized spacial score (nSPS) is 19.8. The summed E-state index contributed by atoms with van der Waals surface area (Å²) in [6.45, 7) is 12.2. The lowest BCUT2D eigenvalue weighted by atomic mass is 9.86. The molecule has 4 aromatic rings. The van der Waals surface area contributed by atoms with Crippen LogP contribution in [0.15, 0.2) is 78.9 Å². The summed E-state index contributed by atoms with van der Waals surface area (Å²) in [5.41, 5.74) is 0.909. The largest absolute Gasteiger partial charge is 0.497 e. The number of nitrogens with one attached hydrogen (secondary N) is 4. The van der Waals surface area contributed by atoms with E-state index in [0.29, 0.717) is 71.7 Å². The van der Waals surface area contributed by atoms with Gasteiger partial charge in [0.05, 0.1) is 24.1 Å². The molecular weight excluding hydrogens is 823 g/mol. The van der Waals surface area contributed by atoms with Crippen LogP contribution in [-0.4, -0.2) is 67.8 Å². The smallest absolute Gasteiger partial charge is 0.408 e. The summed E-state index contributed by atoms with van der Waals surface area (Å²) in [6.07, 6.45) is 6.04. The Bertz CT molecular complexity index is 2490. The van der Waals surface area contributed by atoms with Gasteiger partial charge in [-0.05, 0) is 93.5 Å². The van der Waals surface area contributed by atoms with Crippen LogP contribution in [-0.2, 0) is 29.1 Å². The Morgan fingerprint density at radius 1 is 0.921 bits per heavy atom. The van der Waals surface area contributed by atoms with Crippen LogP contribution < -0.4 is 30.1 Å². The summed E-state index contributed by atoms with van der Waals surface area (Å²) in [6, 6.07) is 18.4. The van der Waals surface area contributed by atoms with E-state index < -0.39 is 68.4 Å². The summed E-state index contributed by atoms with van der Waals surface area (Å²) in [7, 11) is -2.47. The number of allylic oxidation sites excluding steroid dienone is 1. The first-order chi connectivity index (χ1) is 29.7. The number of amides is 4. The second-order valence-electron chi connectivity index (χ2n) is 18.6. The maximum Gasteiger partial charge on any atom is 0.408 e. The van der Waals surface area contributed by atoms with Crippen LogP contribution in [0.25, 0.3) is 28.2 Å². The zero-order chi connectivity index (χ0) is 45.7. The van der Waals surface area contributed by atoms with Crippen molar-refractivity contribution < 1.29 is 41.8 Å². The predicted molar refractivity (Wildman–Crippen MR) is 242 cm³/mol. The van der Waals surface area contributed by atoms with Gasteiger partial charge in [-0.2, -0.15) is 0 Å². The van der Waals surface area contributed by atoms with Crippen molar-refractivity contribution in [2.75, 3.05) is 12.9 Å². The molecule has 3 atom stereocenters. The lowest BCUT2D eigenvalue weighted by molar-refractivity contribution is -0.133. The van der Waals surface area contributed by atoms with E-state index in [9.17, 15) is 27.6 Å². The highest BCUT2D eigenvalue weighted by Crippen LogP contribution is 2.50. The lowest BCUT2D eigenvalue weighted by Crippen LogP contribution is -2.57. The molecule has 1 saturated carbocycles. The highest BCUT2D eigenvalue weighted by molar-refractivity contribution is 7.90. The maximum absolute atomic E-state index is 14.5. The third kappa shape index (κ3) is 12.2. The summed E-state index contributed by atoms with van der Waals surface area (Å²) < 4.78 is 46.8. The minimum atomic E-state index is -4.06. The van der Waals surface area contributed by atoms with Gasteiger partial charge in [-0.25, -0.2) is 18.2 Å². The van der Waals surface area contributed by atoms with Gasteiger partial charge in [0.15, 0.2) is 0 Å². The summed E-state index contributed by atoms with van der Waals surface area (Å²) in [5, 5.41) is 8.97. The van der Waals surface area contributed by atoms with E-state index in [1.165, 1.54) is 0 Å². The van der Waals surface area contributed by atoms with Gasteiger partial charge in [0.25, 0.3) is 5.91 Å². The standard InChI is InChI=1S/C48H59N5O9S/c1-9-15-35-42(54)53-63(58,59)29-48(24-25-48)23-14-13-18-31-26-32(40(43(55)50-35)51-44(56)41(46(2,3)4)52-45(57)62-47(5,6)7)19-22-38(31)61-39-28-36(30-16-11-10-12-17-30)49-37-27-33(60-8)20-21-34(37)39/h10-13,16-22,26-28,35,40-41H,9,14-15,23-25,29H2,1-8H3,(H,50,55)(H,51,56)(H,52,57)(H,53,54)/b18-13+/t35-,40?,41+/m0/s1. The summed E-state index contributed by atoms with van der Waals surface area (Å²) >= 11 is 0. The van der Waals surface area contributed by atoms with Crippen molar-refractivity contribution >= 4 is 50.8 Å². The van der Waals surface area contributed by atoms with Gasteiger partial charge in [-0.15, -0.1) is 0 Å². The van der Waals surface area contributed by atoms with E-state index in [1.54, 1.807) is 66.9 Å². The molecule has 1 fully saturated rings. The average Bonchev–Trinajstić information content (AvgIpc) is 3.97. The maximum atomic E-state index is 14.5. The molecule has 2 heterocycles. The number of hydrogen-bond donors (Lipinski definition) is 4. The van der Waals surface area contributed by atoms with E-state index in [1.807, 2.05) is 73.7 Å². The monoisotopic (exact) mass is 881 g/mol. The van der Waals surface area contributed by atoms with Crippen molar-refractivity contribution in [2.45, 2.75) is 111 Å². The highest BCUT2D eigenvalue weighted by Gasteiger charge is 2.46. The van der Waals surface area contributed by atoms with Crippen LogP contribution in [0, 0.1) is 10.8 Å². The van der Waals surface area contributed by atoms with Crippen LogP contribution in [0.3, 0.4) is 0 Å². The molecule has 6 rings (SSSR count). The number of rotatable bonds is 9. The number of carbonyl (C=O) groups excluding carboxylic acids is 4. The van der Waals surface area contributed by atoms with Crippen molar-refractivity contribution in [1.29, 1.82) is 0 Å². The minimum absolute atomic E-state index is 0.126. The number of benzene rings is 3. The van der Waals surface area contributed by atoms with E-state index >= 15 is 0 Å². The molecule has 1 spiro atoms.